The summed E-state index contributed by atoms with van der Waals surface area (Å²) in [5.74, 6) is 1.37. The molecule has 4 aromatic carbocycles. The van der Waals surface area contributed by atoms with Crippen molar-refractivity contribution in [2.24, 2.45) is 0 Å². The van der Waals surface area contributed by atoms with Crippen LogP contribution in [0, 0.1) is 6.92 Å². The summed E-state index contributed by atoms with van der Waals surface area (Å²) in [7, 11) is 6.14. The van der Waals surface area contributed by atoms with Crippen LogP contribution in [0.3, 0.4) is 0 Å². The largest absolute Gasteiger partial charge is 0.497 e. The molecule has 0 spiro atoms. The second-order valence-corrected chi connectivity index (χ2v) is 11.2. The van der Waals surface area contributed by atoms with Crippen LogP contribution in [0.1, 0.15) is 51.8 Å². The Bertz CT molecular complexity index is 1770. The summed E-state index contributed by atoms with van der Waals surface area (Å²) < 4.78 is 22.3. The molecule has 0 aromatic heterocycles. The van der Waals surface area contributed by atoms with E-state index >= 15 is 0 Å². The van der Waals surface area contributed by atoms with Crippen molar-refractivity contribution >= 4 is 23.1 Å². The van der Waals surface area contributed by atoms with Crippen molar-refractivity contribution < 1.29 is 28.5 Å². The van der Waals surface area contributed by atoms with Crippen LogP contribution in [0.4, 0.5) is 11.4 Å². The van der Waals surface area contributed by atoms with Gasteiger partial charge in [-0.25, -0.2) is 0 Å². The Morgan fingerprint density at radius 2 is 1.49 bits per heavy atom. The highest BCUT2D eigenvalue weighted by atomic mass is 16.5. The van der Waals surface area contributed by atoms with Crippen LogP contribution < -0.4 is 29.2 Å². The Labute approximate surface area is 263 Å². The Kier molecular flexibility index (Phi) is 8.22. The van der Waals surface area contributed by atoms with E-state index < -0.39 is 6.04 Å². The number of ketones is 1. The van der Waals surface area contributed by atoms with E-state index in [0.29, 0.717) is 52.7 Å². The lowest BCUT2D eigenvalue weighted by molar-refractivity contribution is -0.116. The van der Waals surface area contributed by atoms with Gasteiger partial charge in [-0.05, 0) is 66.8 Å². The number of Topliss-reactive ketones (excluding diaryl/α,β-unsaturated/α-hetero) is 1. The van der Waals surface area contributed by atoms with Crippen molar-refractivity contribution in [1.29, 1.82) is 0 Å². The molecule has 8 nitrogen and oxygen atoms in total. The van der Waals surface area contributed by atoms with Crippen LogP contribution in [0.5, 0.6) is 23.0 Å². The third kappa shape index (κ3) is 5.48. The Balaban J connectivity index is 1.57. The molecule has 45 heavy (non-hydrogen) atoms. The second-order valence-electron chi connectivity index (χ2n) is 11.2. The minimum Gasteiger partial charge on any atom is -0.497 e. The number of aryl methyl sites for hydroxylation is 1. The molecule has 4 aromatic rings. The molecule has 1 heterocycles. The first-order valence-corrected chi connectivity index (χ1v) is 14.8. The van der Waals surface area contributed by atoms with Gasteiger partial charge < -0.3 is 24.3 Å². The summed E-state index contributed by atoms with van der Waals surface area (Å²) in [6.45, 7) is 2.05. The van der Waals surface area contributed by atoms with Gasteiger partial charge in [0.2, 0.25) is 5.75 Å². The molecule has 1 amide bonds. The van der Waals surface area contributed by atoms with E-state index in [1.807, 2.05) is 48.5 Å². The summed E-state index contributed by atoms with van der Waals surface area (Å²) in [5.41, 5.74) is 6.08. The van der Waals surface area contributed by atoms with Crippen molar-refractivity contribution in [3.05, 3.63) is 118 Å². The van der Waals surface area contributed by atoms with E-state index in [0.717, 1.165) is 22.5 Å². The van der Waals surface area contributed by atoms with Gasteiger partial charge in [-0.2, -0.15) is 0 Å². The number of anilines is 2. The molecule has 1 aliphatic carbocycles. The summed E-state index contributed by atoms with van der Waals surface area (Å²) in [4.78, 5) is 31.0. The third-order valence-electron chi connectivity index (χ3n) is 8.58. The van der Waals surface area contributed by atoms with Crippen LogP contribution in [0.2, 0.25) is 0 Å². The molecule has 1 N–H and O–H groups in total. The van der Waals surface area contributed by atoms with Crippen molar-refractivity contribution in [2.75, 3.05) is 38.7 Å². The smallest absolute Gasteiger partial charge is 0.259 e. The molecular weight excluding hydrogens is 568 g/mol. The number of carbonyl (C=O) groups is 2. The number of allylic oxidation sites excluding steroid dienone is 1. The minimum atomic E-state index is -0.746. The first-order valence-electron chi connectivity index (χ1n) is 14.8. The topological polar surface area (TPSA) is 86.3 Å². The standard InChI is InChI=1S/C37H36N2O6/c1-22-13-15-23(16-14-22)25-18-29-34(31(40)19-25)35(24-9-8-10-27(17-24)42-2)39(30-12-7-6-11-28(30)38-29)37(41)26-20-32(43-3)36(45-5)33(21-26)44-4/h6-17,20-21,25,35,38H,18-19H2,1-5H3/t25-,35-/m0/s1. The number of nitrogens with zero attached hydrogens (tertiary/aromatic N) is 1. The van der Waals surface area contributed by atoms with Gasteiger partial charge in [0, 0.05) is 23.3 Å². The molecule has 0 saturated carbocycles. The fourth-order valence-corrected chi connectivity index (χ4v) is 6.36. The molecule has 1 aliphatic heterocycles. The lowest BCUT2D eigenvalue weighted by Crippen LogP contribution is -2.38. The number of ether oxygens (including phenoxy) is 4. The maximum absolute atomic E-state index is 14.9. The number of rotatable bonds is 7. The summed E-state index contributed by atoms with van der Waals surface area (Å²) >= 11 is 0. The number of amides is 1. The van der Waals surface area contributed by atoms with Gasteiger partial charge in [-0.1, -0.05) is 54.1 Å². The molecule has 230 valence electrons. The Morgan fingerprint density at radius 3 is 2.16 bits per heavy atom. The molecule has 0 fully saturated rings. The number of methoxy groups -OCH3 is 4. The van der Waals surface area contributed by atoms with Gasteiger partial charge in [0.15, 0.2) is 17.3 Å². The normalized spacial score (nSPS) is 17.4. The van der Waals surface area contributed by atoms with Gasteiger partial charge in [0.05, 0.1) is 45.9 Å². The average molecular weight is 605 g/mol. The lowest BCUT2D eigenvalue weighted by Gasteiger charge is -2.35. The number of nitrogens with one attached hydrogen (secondary N) is 1. The van der Waals surface area contributed by atoms with Crippen LogP contribution in [0.15, 0.2) is 96.2 Å². The number of fused-ring (bicyclic) bond motifs is 1. The van der Waals surface area contributed by atoms with Crippen LogP contribution >= 0.6 is 0 Å². The number of benzene rings is 4. The summed E-state index contributed by atoms with van der Waals surface area (Å²) in [6, 6.07) is 26.1. The summed E-state index contributed by atoms with van der Waals surface area (Å²) in [5, 5.41) is 3.60. The number of carbonyl (C=O) groups excluding carboxylic acids is 2. The van der Waals surface area contributed by atoms with E-state index in [4.69, 9.17) is 18.9 Å². The summed E-state index contributed by atoms with van der Waals surface area (Å²) in [6.07, 6.45) is 0.942. The highest BCUT2D eigenvalue weighted by molar-refractivity contribution is 6.12. The van der Waals surface area contributed by atoms with Gasteiger partial charge >= 0.3 is 0 Å². The quantitative estimate of drug-likeness (QED) is 0.238. The number of hydrogen-bond acceptors (Lipinski definition) is 7. The molecule has 0 unspecified atom stereocenters. The molecule has 8 heteroatoms. The number of hydrogen-bond donors (Lipinski definition) is 1. The van der Waals surface area contributed by atoms with Gasteiger partial charge in [0.25, 0.3) is 5.91 Å². The van der Waals surface area contributed by atoms with Crippen molar-refractivity contribution in [3.8, 4) is 23.0 Å². The van der Waals surface area contributed by atoms with E-state index in [1.165, 1.54) is 26.9 Å². The first-order chi connectivity index (χ1) is 21.9. The zero-order valence-corrected chi connectivity index (χ0v) is 26.0. The monoisotopic (exact) mass is 604 g/mol. The van der Waals surface area contributed by atoms with Crippen LogP contribution in [-0.4, -0.2) is 40.1 Å². The van der Waals surface area contributed by atoms with Crippen LogP contribution in [-0.2, 0) is 4.79 Å². The lowest BCUT2D eigenvalue weighted by atomic mass is 9.78. The molecule has 2 aliphatic rings. The molecular formula is C37H36N2O6. The molecule has 6 rings (SSSR count). The van der Waals surface area contributed by atoms with Crippen molar-refractivity contribution in [1.82, 2.24) is 0 Å². The Hall–Kier alpha value is -5.24. The van der Waals surface area contributed by atoms with Gasteiger partial charge in [-0.15, -0.1) is 0 Å². The van der Waals surface area contributed by atoms with Gasteiger partial charge in [0.1, 0.15) is 5.75 Å². The zero-order valence-electron chi connectivity index (χ0n) is 26.0. The fourth-order valence-electron chi connectivity index (χ4n) is 6.36. The first kappa shape index (κ1) is 29.8. The van der Waals surface area contributed by atoms with E-state index in [9.17, 15) is 9.59 Å². The van der Waals surface area contributed by atoms with Crippen LogP contribution in [0.25, 0.3) is 0 Å². The molecule has 0 bridgehead atoms. The highest BCUT2D eigenvalue weighted by Gasteiger charge is 2.42. The zero-order chi connectivity index (χ0) is 31.7. The SMILES string of the molecule is COc1cccc([C@H]2C3=C(C[C@H](c4ccc(C)cc4)CC3=O)Nc3ccccc3N2C(=O)c2cc(OC)c(OC)c(OC)c2)c1. The Morgan fingerprint density at radius 1 is 0.778 bits per heavy atom. The van der Waals surface area contributed by atoms with E-state index in [2.05, 4.69) is 36.5 Å². The molecule has 2 atom stereocenters. The van der Waals surface area contributed by atoms with Gasteiger partial charge in [-0.3, -0.25) is 14.5 Å². The predicted molar refractivity (Wildman–Crippen MR) is 174 cm³/mol. The fraction of sp³-hybridized carbons (Fsp3) is 0.243. The highest BCUT2D eigenvalue weighted by Crippen LogP contribution is 2.49. The second kappa shape index (κ2) is 12.4. The van der Waals surface area contributed by atoms with Crippen molar-refractivity contribution in [3.63, 3.8) is 0 Å². The predicted octanol–water partition coefficient (Wildman–Crippen LogP) is 7.24. The third-order valence-corrected chi connectivity index (χ3v) is 8.58. The maximum atomic E-state index is 14.9. The average Bonchev–Trinajstić information content (AvgIpc) is 3.22. The maximum Gasteiger partial charge on any atom is 0.259 e. The van der Waals surface area contributed by atoms with E-state index in [-0.39, 0.29) is 17.6 Å². The molecule has 0 saturated heterocycles. The van der Waals surface area contributed by atoms with E-state index in [1.54, 1.807) is 24.1 Å². The number of para-hydroxylation sites is 2. The van der Waals surface area contributed by atoms with Crippen molar-refractivity contribution in [2.45, 2.75) is 31.7 Å². The minimum absolute atomic E-state index is 0.000154. The molecule has 0 radical (unpaired) electrons.